The first-order chi connectivity index (χ1) is 15.2. The second kappa shape index (κ2) is 12.1. The van der Waals surface area contributed by atoms with Gasteiger partial charge in [-0.2, -0.15) is 5.10 Å². The molecule has 32 heavy (non-hydrogen) atoms. The molecule has 1 aromatic carbocycles. The Kier molecular flexibility index (Phi) is 9.56. The van der Waals surface area contributed by atoms with Gasteiger partial charge in [-0.15, -0.1) is 0 Å². The lowest BCUT2D eigenvalue weighted by atomic mass is 10.1. The van der Waals surface area contributed by atoms with Gasteiger partial charge in [-0.05, 0) is 57.2 Å². The van der Waals surface area contributed by atoms with Crippen molar-refractivity contribution >= 4 is 12.1 Å². The number of aliphatic imine (C=N–C) groups is 1. The molecule has 0 aliphatic heterocycles. The van der Waals surface area contributed by atoms with Crippen molar-refractivity contribution in [2.75, 3.05) is 20.1 Å². The van der Waals surface area contributed by atoms with E-state index in [0.29, 0.717) is 13.1 Å². The van der Waals surface area contributed by atoms with Gasteiger partial charge in [-0.25, -0.2) is 9.79 Å². The number of ether oxygens (including phenoxy) is 1. The zero-order valence-corrected chi connectivity index (χ0v) is 20.3. The Labute approximate surface area is 192 Å². The molecular weight excluding hydrogens is 404 g/mol. The van der Waals surface area contributed by atoms with Gasteiger partial charge >= 0.3 is 6.09 Å². The van der Waals surface area contributed by atoms with Crippen LogP contribution in [0.2, 0.25) is 0 Å². The van der Waals surface area contributed by atoms with Crippen molar-refractivity contribution in [2.24, 2.45) is 12.0 Å². The van der Waals surface area contributed by atoms with Crippen molar-refractivity contribution in [3.63, 3.8) is 0 Å². The van der Waals surface area contributed by atoms with E-state index in [1.807, 2.05) is 69.2 Å². The summed E-state index contributed by atoms with van der Waals surface area (Å²) >= 11 is 0. The Bertz CT molecular complexity index is 867. The second-order valence-electron chi connectivity index (χ2n) is 8.90. The van der Waals surface area contributed by atoms with E-state index < -0.39 is 5.60 Å². The predicted octanol–water partition coefficient (Wildman–Crippen LogP) is 3.47. The van der Waals surface area contributed by atoms with Gasteiger partial charge < -0.3 is 20.3 Å². The smallest absolute Gasteiger partial charge is 0.410 e. The lowest BCUT2D eigenvalue weighted by Crippen LogP contribution is -2.37. The van der Waals surface area contributed by atoms with Crippen LogP contribution in [-0.4, -0.2) is 52.5 Å². The molecule has 0 spiro atoms. The molecule has 0 radical (unpaired) electrons. The molecule has 2 N–H and O–H groups in total. The number of benzene rings is 1. The lowest BCUT2D eigenvalue weighted by Gasteiger charge is -2.24. The Morgan fingerprint density at radius 2 is 1.84 bits per heavy atom. The van der Waals surface area contributed by atoms with Crippen LogP contribution in [0.15, 0.2) is 41.7 Å². The molecule has 0 aliphatic carbocycles. The highest BCUT2D eigenvalue weighted by Crippen LogP contribution is 2.12. The van der Waals surface area contributed by atoms with Crippen molar-refractivity contribution < 1.29 is 9.53 Å². The normalized spacial score (nSPS) is 11.9. The number of aromatic nitrogens is 2. The minimum atomic E-state index is -0.496. The van der Waals surface area contributed by atoms with Crippen LogP contribution in [0.4, 0.5) is 4.79 Å². The van der Waals surface area contributed by atoms with Crippen molar-refractivity contribution in [3.8, 4) is 0 Å². The third kappa shape index (κ3) is 9.41. The van der Waals surface area contributed by atoms with Crippen LogP contribution >= 0.6 is 0 Å². The monoisotopic (exact) mass is 442 g/mol. The molecule has 0 fully saturated rings. The first-order valence-corrected chi connectivity index (χ1v) is 11.2. The van der Waals surface area contributed by atoms with Crippen molar-refractivity contribution in [2.45, 2.75) is 59.2 Å². The number of rotatable bonds is 9. The Balaban J connectivity index is 1.82. The molecule has 1 heterocycles. The van der Waals surface area contributed by atoms with E-state index in [0.717, 1.165) is 43.0 Å². The molecule has 8 nitrogen and oxygen atoms in total. The van der Waals surface area contributed by atoms with Gasteiger partial charge in [0, 0.05) is 39.9 Å². The van der Waals surface area contributed by atoms with E-state index in [4.69, 9.17) is 4.74 Å². The summed E-state index contributed by atoms with van der Waals surface area (Å²) in [4.78, 5) is 18.4. The summed E-state index contributed by atoms with van der Waals surface area (Å²) in [6.07, 6.45) is 5.63. The molecule has 1 amide bonds. The molecular formula is C24H38N6O2. The molecule has 2 rings (SSSR count). The van der Waals surface area contributed by atoms with E-state index in [9.17, 15) is 4.79 Å². The van der Waals surface area contributed by atoms with Gasteiger partial charge in [-0.3, -0.25) is 4.68 Å². The number of hydrogen-bond acceptors (Lipinski definition) is 4. The molecule has 1 aromatic heterocycles. The van der Waals surface area contributed by atoms with Crippen LogP contribution in [0.1, 0.15) is 50.8 Å². The van der Waals surface area contributed by atoms with Gasteiger partial charge in [0.15, 0.2) is 5.96 Å². The average Bonchev–Trinajstić information content (AvgIpc) is 3.14. The highest BCUT2D eigenvalue weighted by molar-refractivity contribution is 5.79. The summed E-state index contributed by atoms with van der Waals surface area (Å²) in [6.45, 7) is 10.4. The second-order valence-corrected chi connectivity index (χ2v) is 8.90. The Morgan fingerprint density at radius 1 is 1.16 bits per heavy atom. The van der Waals surface area contributed by atoms with Crippen LogP contribution in [0, 0.1) is 0 Å². The molecule has 176 valence electrons. The van der Waals surface area contributed by atoms with Crippen molar-refractivity contribution in [1.82, 2.24) is 25.3 Å². The maximum Gasteiger partial charge on any atom is 0.410 e. The molecule has 0 unspecified atom stereocenters. The first kappa shape index (κ1) is 25.2. The highest BCUT2D eigenvalue weighted by atomic mass is 16.6. The largest absolute Gasteiger partial charge is 0.444 e. The maximum absolute atomic E-state index is 12.1. The fourth-order valence-electron chi connectivity index (χ4n) is 3.04. The number of carbonyl (C=O) groups excluding carboxylic acids is 1. The summed E-state index contributed by atoms with van der Waals surface area (Å²) in [5, 5.41) is 10.9. The third-order valence-electron chi connectivity index (χ3n) is 4.60. The Morgan fingerprint density at radius 3 is 2.44 bits per heavy atom. The molecule has 0 bridgehead atoms. The summed E-state index contributed by atoms with van der Waals surface area (Å²) < 4.78 is 7.23. The van der Waals surface area contributed by atoms with Crippen LogP contribution in [0.25, 0.3) is 0 Å². The van der Waals surface area contributed by atoms with Crippen LogP contribution in [-0.2, 0) is 31.3 Å². The standard InChI is InChI=1S/C24H38N6O2/c1-7-25-22(26-14-8-9-21-16-28-30(6)18-21)27-15-19-10-12-20(13-11-19)17-29(5)23(31)32-24(2,3)4/h10-13,16,18H,7-9,14-15,17H2,1-6H3,(H2,25,26,27). The van der Waals surface area contributed by atoms with Gasteiger partial charge in [0.2, 0.25) is 0 Å². The summed E-state index contributed by atoms with van der Waals surface area (Å²) in [5.41, 5.74) is 2.91. The zero-order valence-electron chi connectivity index (χ0n) is 20.3. The zero-order chi connectivity index (χ0) is 23.6. The van der Waals surface area contributed by atoms with Gasteiger partial charge in [0.25, 0.3) is 0 Å². The first-order valence-electron chi connectivity index (χ1n) is 11.2. The quantitative estimate of drug-likeness (QED) is 0.353. The number of nitrogens with one attached hydrogen (secondary N) is 2. The molecule has 2 aromatic rings. The minimum absolute atomic E-state index is 0.323. The van der Waals surface area contributed by atoms with E-state index in [-0.39, 0.29) is 6.09 Å². The average molecular weight is 443 g/mol. The minimum Gasteiger partial charge on any atom is -0.444 e. The molecule has 0 aliphatic rings. The molecule has 0 saturated carbocycles. The Hall–Kier alpha value is -3.03. The summed E-state index contributed by atoms with van der Waals surface area (Å²) in [6, 6.07) is 8.15. The highest BCUT2D eigenvalue weighted by Gasteiger charge is 2.19. The lowest BCUT2D eigenvalue weighted by molar-refractivity contribution is 0.0285. The van der Waals surface area contributed by atoms with E-state index >= 15 is 0 Å². The fourth-order valence-corrected chi connectivity index (χ4v) is 3.04. The number of carbonyl (C=O) groups is 1. The molecule has 0 atom stereocenters. The molecule has 8 heteroatoms. The van der Waals surface area contributed by atoms with E-state index in [1.165, 1.54) is 5.56 Å². The number of guanidine groups is 1. The van der Waals surface area contributed by atoms with Gasteiger partial charge in [0.05, 0.1) is 12.7 Å². The fraction of sp³-hybridized carbons (Fsp3) is 0.542. The molecule has 0 saturated heterocycles. The van der Waals surface area contributed by atoms with Crippen LogP contribution in [0.3, 0.4) is 0 Å². The number of hydrogen-bond donors (Lipinski definition) is 2. The third-order valence-corrected chi connectivity index (χ3v) is 4.60. The van der Waals surface area contributed by atoms with E-state index in [1.54, 1.807) is 11.9 Å². The van der Waals surface area contributed by atoms with Crippen molar-refractivity contribution in [1.29, 1.82) is 0 Å². The topological polar surface area (TPSA) is 83.8 Å². The SMILES string of the molecule is CCNC(=NCc1ccc(CN(C)C(=O)OC(C)(C)C)cc1)NCCCc1cnn(C)c1. The predicted molar refractivity (Wildman–Crippen MR) is 128 cm³/mol. The van der Waals surface area contributed by atoms with Crippen molar-refractivity contribution in [3.05, 3.63) is 53.3 Å². The maximum atomic E-state index is 12.1. The van der Waals surface area contributed by atoms with Gasteiger partial charge in [-0.1, -0.05) is 24.3 Å². The van der Waals surface area contributed by atoms with Crippen LogP contribution in [0.5, 0.6) is 0 Å². The van der Waals surface area contributed by atoms with E-state index in [2.05, 4.69) is 27.6 Å². The van der Waals surface area contributed by atoms with Crippen LogP contribution < -0.4 is 10.6 Å². The van der Waals surface area contributed by atoms with Gasteiger partial charge in [0.1, 0.15) is 5.60 Å². The number of nitrogens with zero attached hydrogens (tertiary/aromatic N) is 4. The number of amides is 1. The number of aryl methyl sites for hydroxylation is 2. The summed E-state index contributed by atoms with van der Waals surface area (Å²) in [5.74, 6) is 0.812. The summed E-state index contributed by atoms with van der Waals surface area (Å²) in [7, 11) is 3.68.